The summed E-state index contributed by atoms with van der Waals surface area (Å²) in [5.41, 5.74) is 2.56. The van der Waals surface area contributed by atoms with Gasteiger partial charge in [-0.3, -0.25) is 14.8 Å². The van der Waals surface area contributed by atoms with Gasteiger partial charge in [0.05, 0.1) is 6.33 Å². The van der Waals surface area contributed by atoms with E-state index >= 15 is 0 Å². The number of aryl methyl sites for hydroxylation is 1. The Kier molecular flexibility index (Phi) is 2.57. The maximum absolute atomic E-state index is 11.7. The predicted octanol–water partition coefficient (Wildman–Crippen LogP) is 1.14. The van der Waals surface area contributed by atoms with E-state index in [-0.39, 0.29) is 11.6 Å². The maximum atomic E-state index is 11.7. The highest BCUT2D eigenvalue weighted by atomic mass is 16.2. The van der Waals surface area contributed by atoms with Gasteiger partial charge in [-0.2, -0.15) is 0 Å². The maximum Gasteiger partial charge on any atom is 0.327 e. The van der Waals surface area contributed by atoms with Crippen molar-refractivity contribution in [2.45, 2.75) is 25.3 Å². The molecule has 0 fully saturated rings. The molecule has 2 aromatic heterocycles. The number of fused-ring (bicyclic) bond motifs is 2. The van der Waals surface area contributed by atoms with Crippen LogP contribution in [-0.2, 0) is 12.8 Å². The van der Waals surface area contributed by atoms with E-state index in [2.05, 4.69) is 33.2 Å². The molecule has 2 heterocycles. The molecule has 1 atom stereocenters. The van der Waals surface area contributed by atoms with Gasteiger partial charge < -0.3 is 4.57 Å². The Morgan fingerprint density at radius 1 is 1.14 bits per heavy atom. The third-order valence-corrected chi connectivity index (χ3v) is 4.18. The first-order valence-corrected chi connectivity index (χ1v) is 6.98. The highest BCUT2D eigenvalue weighted by Gasteiger charge is 2.22. The fraction of sp³-hybridized carbons (Fsp3) is 0.267. The minimum Gasteiger partial charge on any atom is -0.313 e. The van der Waals surface area contributed by atoms with Crippen LogP contribution in [0.5, 0.6) is 0 Å². The summed E-state index contributed by atoms with van der Waals surface area (Å²) < 4.78 is 1.92. The Bertz CT molecular complexity index is 934. The molecule has 6 nitrogen and oxygen atoms in total. The van der Waals surface area contributed by atoms with Crippen LogP contribution in [0.1, 0.15) is 23.6 Å². The highest BCUT2D eigenvalue weighted by Crippen LogP contribution is 2.29. The highest BCUT2D eigenvalue weighted by molar-refractivity contribution is 5.69. The molecular formula is C15H14N4O2. The van der Waals surface area contributed by atoms with Gasteiger partial charge in [0.1, 0.15) is 5.65 Å². The smallest absolute Gasteiger partial charge is 0.313 e. The van der Waals surface area contributed by atoms with E-state index in [1.165, 1.54) is 11.1 Å². The molecule has 1 aromatic carbocycles. The van der Waals surface area contributed by atoms with Crippen molar-refractivity contribution >= 4 is 11.2 Å². The van der Waals surface area contributed by atoms with Crippen molar-refractivity contribution in [2.24, 2.45) is 0 Å². The van der Waals surface area contributed by atoms with Crippen LogP contribution in [0, 0.1) is 0 Å². The Hall–Kier alpha value is -2.63. The van der Waals surface area contributed by atoms with Crippen molar-refractivity contribution in [2.75, 3.05) is 0 Å². The molecule has 0 saturated heterocycles. The van der Waals surface area contributed by atoms with Gasteiger partial charge in [-0.1, -0.05) is 24.3 Å². The first-order valence-electron chi connectivity index (χ1n) is 6.98. The quantitative estimate of drug-likeness (QED) is 0.702. The van der Waals surface area contributed by atoms with E-state index in [9.17, 15) is 9.59 Å². The Morgan fingerprint density at radius 2 is 1.95 bits per heavy atom. The summed E-state index contributed by atoms with van der Waals surface area (Å²) in [6.07, 6.45) is 4.50. The number of hydrogen-bond acceptors (Lipinski definition) is 3. The number of hydrogen-bond donors (Lipinski definition) is 2. The Morgan fingerprint density at radius 3 is 2.81 bits per heavy atom. The molecule has 0 spiro atoms. The Labute approximate surface area is 119 Å². The van der Waals surface area contributed by atoms with Crippen molar-refractivity contribution in [3.63, 3.8) is 0 Å². The van der Waals surface area contributed by atoms with Crippen LogP contribution in [0.2, 0.25) is 0 Å². The molecule has 2 N–H and O–H groups in total. The molecule has 106 valence electrons. The summed E-state index contributed by atoms with van der Waals surface area (Å²) in [4.78, 5) is 32.3. The molecule has 0 aliphatic heterocycles. The standard InChI is InChI=1S/C15H14N4O2/c20-14-12-13(17-15(21)18-14)19(8-16-12)11-6-5-9-3-1-2-4-10(9)7-11/h1-4,8,11H,5-7H2,(H2,17,18,20,21). The largest absolute Gasteiger partial charge is 0.327 e. The van der Waals surface area contributed by atoms with Crippen LogP contribution >= 0.6 is 0 Å². The second-order valence-electron chi connectivity index (χ2n) is 5.42. The zero-order valence-electron chi connectivity index (χ0n) is 11.3. The number of imidazole rings is 1. The number of aromatic nitrogens is 4. The van der Waals surface area contributed by atoms with Gasteiger partial charge >= 0.3 is 5.69 Å². The van der Waals surface area contributed by atoms with Gasteiger partial charge in [0.25, 0.3) is 5.56 Å². The van der Waals surface area contributed by atoms with Crippen LogP contribution in [0.15, 0.2) is 40.2 Å². The van der Waals surface area contributed by atoms with Crippen LogP contribution in [0.4, 0.5) is 0 Å². The van der Waals surface area contributed by atoms with E-state index in [0.29, 0.717) is 5.65 Å². The number of H-pyrrole nitrogens is 2. The molecule has 0 radical (unpaired) electrons. The number of aromatic amines is 2. The first kappa shape index (κ1) is 12.1. The van der Waals surface area contributed by atoms with Crippen LogP contribution in [-0.4, -0.2) is 19.5 Å². The molecule has 6 heteroatoms. The minimum atomic E-state index is -0.495. The monoisotopic (exact) mass is 282 g/mol. The molecule has 1 unspecified atom stereocenters. The SMILES string of the molecule is O=c1[nH]c(=O)c2ncn(C3CCc4ccccc4C3)c2[nH]1. The van der Waals surface area contributed by atoms with Crippen molar-refractivity contribution < 1.29 is 0 Å². The summed E-state index contributed by atoms with van der Waals surface area (Å²) in [6, 6.07) is 8.60. The number of nitrogens with zero attached hydrogens (tertiary/aromatic N) is 2. The summed E-state index contributed by atoms with van der Waals surface area (Å²) in [7, 11) is 0. The molecule has 21 heavy (non-hydrogen) atoms. The van der Waals surface area contributed by atoms with E-state index in [1.807, 2.05) is 10.6 Å². The lowest BCUT2D eigenvalue weighted by Gasteiger charge is -2.25. The first-order chi connectivity index (χ1) is 10.2. The molecule has 0 saturated carbocycles. The van der Waals surface area contributed by atoms with Gasteiger partial charge in [-0.05, 0) is 30.4 Å². The normalized spacial score (nSPS) is 17.8. The number of benzene rings is 1. The van der Waals surface area contributed by atoms with E-state index in [0.717, 1.165) is 19.3 Å². The zero-order valence-corrected chi connectivity index (χ0v) is 11.3. The van der Waals surface area contributed by atoms with Crippen molar-refractivity contribution in [3.05, 3.63) is 62.6 Å². The molecule has 4 rings (SSSR count). The molecular weight excluding hydrogens is 268 g/mol. The third kappa shape index (κ3) is 1.91. The summed E-state index contributed by atoms with van der Waals surface area (Å²) >= 11 is 0. The van der Waals surface area contributed by atoms with Crippen molar-refractivity contribution in [1.29, 1.82) is 0 Å². The average Bonchev–Trinajstić information content (AvgIpc) is 2.91. The van der Waals surface area contributed by atoms with Crippen molar-refractivity contribution in [3.8, 4) is 0 Å². The van der Waals surface area contributed by atoms with E-state index in [1.54, 1.807) is 6.33 Å². The van der Waals surface area contributed by atoms with Gasteiger partial charge in [0.15, 0.2) is 5.52 Å². The van der Waals surface area contributed by atoms with Gasteiger partial charge in [-0.25, -0.2) is 9.78 Å². The fourth-order valence-electron chi connectivity index (χ4n) is 3.14. The average molecular weight is 282 g/mol. The van der Waals surface area contributed by atoms with E-state index in [4.69, 9.17) is 0 Å². The third-order valence-electron chi connectivity index (χ3n) is 4.18. The van der Waals surface area contributed by atoms with Crippen LogP contribution in [0.3, 0.4) is 0 Å². The molecule has 0 amide bonds. The second kappa shape index (κ2) is 4.44. The van der Waals surface area contributed by atoms with Gasteiger partial charge in [-0.15, -0.1) is 0 Å². The second-order valence-corrected chi connectivity index (χ2v) is 5.42. The van der Waals surface area contributed by atoms with Gasteiger partial charge in [0, 0.05) is 6.04 Å². The topological polar surface area (TPSA) is 83.5 Å². The van der Waals surface area contributed by atoms with Crippen molar-refractivity contribution in [1.82, 2.24) is 19.5 Å². The number of rotatable bonds is 1. The Balaban J connectivity index is 1.82. The molecule has 3 aromatic rings. The fourth-order valence-corrected chi connectivity index (χ4v) is 3.14. The van der Waals surface area contributed by atoms with E-state index < -0.39 is 11.2 Å². The minimum absolute atomic E-state index is 0.211. The summed E-state index contributed by atoms with van der Waals surface area (Å²) in [5.74, 6) is 0. The number of nitrogens with one attached hydrogen (secondary N) is 2. The van der Waals surface area contributed by atoms with Crippen LogP contribution < -0.4 is 11.2 Å². The predicted molar refractivity (Wildman–Crippen MR) is 78.5 cm³/mol. The molecule has 1 aliphatic carbocycles. The lowest BCUT2D eigenvalue weighted by Crippen LogP contribution is -2.24. The lowest BCUT2D eigenvalue weighted by atomic mass is 9.88. The molecule has 0 bridgehead atoms. The summed E-state index contributed by atoms with van der Waals surface area (Å²) in [5, 5.41) is 0. The zero-order chi connectivity index (χ0) is 14.4. The molecule has 1 aliphatic rings. The van der Waals surface area contributed by atoms with Crippen LogP contribution in [0.25, 0.3) is 11.2 Å². The van der Waals surface area contributed by atoms with Gasteiger partial charge in [0.2, 0.25) is 0 Å². The lowest BCUT2D eigenvalue weighted by molar-refractivity contribution is 0.450. The summed E-state index contributed by atoms with van der Waals surface area (Å²) in [6.45, 7) is 0.